The fourth-order valence-corrected chi connectivity index (χ4v) is 2.22. The molecule has 0 spiro atoms. The Balaban J connectivity index is 2.04. The molecule has 0 unspecified atom stereocenters. The number of carboxylic acid groups (broad SMARTS) is 1. The first-order valence-corrected chi connectivity index (χ1v) is 6.94. The SMILES string of the molecule is N#Cc1ccc(/C=C(/CC(=O)O)c2nc3ccccc3o2)cc1. The predicted octanol–water partition coefficient (Wildman–Crippen LogP) is 3.71. The summed E-state index contributed by atoms with van der Waals surface area (Å²) in [5.41, 5.74) is 3.09. The van der Waals surface area contributed by atoms with Crippen LogP contribution in [0.2, 0.25) is 0 Å². The lowest BCUT2D eigenvalue weighted by atomic mass is 10.1. The van der Waals surface area contributed by atoms with Crippen molar-refractivity contribution in [3.05, 3.63) is 65.5 Å². The number of fused-ring (bicyclic) bond motifs is 1. The van der Waals surface area contributed by atoms with E-state index in [1.807, 2.05) is 24.3 Å². The first-order valence-electron chi connectivity index (χ1n) is 6.94. The Morgan fingerprint density at radius 3 is 2.61 bits per heavy atom. The Bertz CT molecular complexity index is 898. The summed E-state index contributed by atoms with van der Waals surface area (Å²) in [6.07, 6.45) is 1.51. The maximum absolute atomic E-state index is 11.1. The molecule has 112 valence electrons. The van der Waals surface area contributed by atoms with E-state index in [9.17, 15) is 4.79 Å². The van der Waals surface area contributed by atoms with Crippen LogP contribution in [-0.2, 0) is 4.79 Å². The molecule has 3 aromatic rings. The standard InChI is InChI=1S/C18H12N2O3/c19-11-13-7-5-12(6-8-13)9-14(10-17(21)22)18-20-15-3-1-2-4-16(15)23-18/h1-9H,10H2,(H,21,22)/b14-9-. The average molecular weight is 304 g/mol. The fraction of sp³-hybridized carbons (Fsp3) is 0.0556. The first kappa shape index (κ1) is 14.5. The molecule has 5 heteroatoms. The second-order valence-electron chi connectivity index (χ2n) is 4.96. The third kappa shape index (κ3) is 3.27. The smallest absolute Gasteiger partial charge is 0.308 e. The summed E-state index contributed by atoms with van der Waals surface area (Å²) < 4.78 is 5.65. The van der Waals surface area contributed by atoms with E-state index in [4.69, 9.17) is 14.8 Å². The molecular formula is C18H12N2O3. The van der Waals surface area contributed by atoms with E-state index in [1.165, 1.54) is 0 Å². The summed E-state index contributed by atoms with van der Waals surface area (Å²) in [6, 6.07) is 16.2. The van der Waals surface area contributed by atoms with E-state index in [2.05, 4.69) is 4.98 Å². The molecule has 0 saturated heterocycles. The molecule has 1 aromatic heterocycles. The van der Waals surface area contributed by atoms with Crippen molar-refractivity contribution >= 4 is 28.7 Å². The Morgan fingerprint density at radius 1 is 1.22 bits per heavy atom. The van der Waals surface area contributed by atoms with Gasteiger partial charge in [-0.05, 0) is 35.9 Å². The van der Waals surface area contributed by atoms with Gasteiger partial charge in [0.15, 0.2) is 5.58 Å². The molecule has 0 atom stereocenters. The number of carboxylic acids is 1. The second kappa shape index (κ2) is 6.16. The molecule has 0 aliphatic heterocycles. The number of rotatable bonds is 4. The summed E-state index contributed by atoms with van der Waals surface area (Å²) >= 11 is 0. The minimum absolute atomic E-state index is 0.202. The van der Waals surface area contributed by atoms with Gasteiger partial charge in [-0.3, -0.25) is 4.79 Å². The number of aromatic nitrogens is 1. The first-order chi connectivity index (χ1) is 11.2. The molecule has 5 nitrogen and oxygen atoms in total. The van der Waals surface area contributed by atoms with Crippen molar-refractivity contribution in [2.75, 3.05) is 0 Å². The topological polar surface area (TPSA) is 87.1 Å². The molecule has 0 aliphatic carbocycles. The highest BCUT2D eigenvalue weighted by molar-refractivity contribution is 5.90. The number of nitrogens with zero attached hydrogens (tertiary/aromatic N) is 2. The van der Waals surface area contributed by atoms with Crippen LogP contribution in [0.5, 0.6) is 0 Å². The maximum Gasteiger partial charge on any atom is 0.308 e. The summed E-state index contributed by atoms with van der Waals surface area (Å²) in [6.45, 7) is 0. The van der Waals surface area contributed by atoms with Crippen LogP contribution in [0, 0.1) is 11.3 Å². The number of hydrogen-bond acceptors (Lipinski definition) is 4. The average Bonchev–Trinajstić information content (AvgIpc) is 2.98. The van der Waals surface area contributed by atoms with Gasteiger partial charge in [0, 0.05) is 5.57 Å². The molecule has 23 heavy (non-hydrogen) atoms. The van der Waals surface area contributed by atoms with Gasteiger partial charge in [0.2, 0.25) is 5.89 Å². The van der Waals surface area contributed by atoms with Gasteiger partial charge in [-0.1, -0.05) is 24.3 Å². The highest BCUT2D eigenvalue weighted by atomic mass is 16.4. The van der Waals surface area contributed by atoms with Crippen molar-refractivity contribution in [3.8, 4) is 6.07 Å². The number of aliphatic carboxylic acids is 1. The van der Waals surface area contributed by atoms with Crippen LogP contribution < -0.4 is 0 Å². The number of benzene rings is 2. The van der Waals surface area contributed by atoms with E-state index in [1.54, 1.807) is 36.4 Å². The summed E-state index contributed by atoms with van der Waals surface area (Å²) in [5.74, 6) is -0.676. The summed E-state index contributed by atoms with van der Waals surface area (Å²) in [5, 5.41) is 17.9. The zero-order valence-corrected chi connectivity index (χ0v) is 12.1. The van der Waals surface area contributed by atoms with Crippen LogP contribution in [0.1, 0.15) is 23.4 Å². The molecule has 3 rings (SSSR count). The third-order valence-corrected chi connectivity index (χ3v) is 3.29. The van der Waals surface area contributed by atoms with Gasteiger partial charge in [-0.15, -0.1) is 0 Å². The Morgan fingerprint density at radius 2 is 1.96 bits per heavy atom. The largest absolute Gasteiger partial charge is 0.481 e. The van der Waals surface area contributed by atoms with Gasteiger partial charge in [-0.2, -0.15) is 5.26 Å². The monoisotopic (exact) mass is 304 g/mol. The van der Waals surface area contributed by atoms with E-state index < -0.39 is 5.97 Å². The van der Waals surface area contributed by atoms with E-state index in [0.717, 1.165) is 5.56 Å². The van der Waals surface area contributed by atoms with Crippen LogP contribution >= 0.6 is 0 Å². The quantitative estimate of drug-likeness (QED) is 0.793. The van der Waals surface area contributed by atoms with Gasteiger partial charge in [0.25, 0.3) is 0 Å². The Kier molecular flexibility index (Phi) is 3.89. The molecule has 0 bridgehead atoms. The van der Waals surface area contributed by atoms with Gasteiger partial charge in [0.1, 0.15) is 5.52 Å². The van der Waals surface area contributed by atoms with Gasteiger partial charge in [0.05, 0.1) is 18.1 Å². The van der Waals surface area contributed by atoms with Crippen molar-refractivity contribution in [2.24, 2.45) is 0 Å². The highest BCUT2D eigenvalue weighted by Crippen LogP contribution is 2.25. The van der Waals surface area contributed by atoms with Crippen molar-refractivity contribution in [2.45, 2.75) is 6.42 Å². The van der Waals surface area contributed by atoms with Crippen LogP contribution in [0.4, 0.5) is 0 Å². The molecule has 0 radical (unpaired) electrons. The highest BCUT2D eigenvalue weighted by Gasteiger charge is 2.14. The third-order valence-electron chi connectivity index (χ3n) is 3.29. The zero-order chi connectivity index (χ0) is 16.2. The number of hydrogen-bond donors (Lipinski definition) is 1. The van der Waals surface area contributed by atoms with E-state index in [-0.39, 0.29) is 12.3 Å². The molecule has 0 amide bonds. The second-order valence-corrected chi connectivity index (χ2v) is 4.96. The number of carbonyl (C=O) groups is 1. The van der Waals surface area contributed by atoms with Crippen LogP contribution in [0.15, 0.2) is 52.9 Å². The lowest BCUT2D eigenvalue weighted by Gasteiger charge is -2.01. The van der Waals surface area contributed by atoms with Gasteiger partial charge < -0.3 is 9.52 Å². The number of oxazole rings is 1. The van der Waals surface area contributed by atoms with Crippen molar-refractivity contribution in [1.82, 2.24) is 4.98 Å². The van der Waals surface area contributed by atoms with Crippen LogP contribution in [0.25, 0.3) is 22.7 Å². The summed E-state index contributed by atoms with van der Waals surface area (Å²) in [7, 11) is 0. The summed E-state index contributed by atoms with van der Waals surface area (Å²) in [4.78, 5) is 15.5. The lowest BCUT2D eigenvalue weighted by molar-refractivity contribution is -0.135. The lowest BCUT2D eigenvalue weighted by Crippen LogP contribution is -1.97. The minimum Gasteiger partial charge on any atom is -0.481 e. The van der Waals surface area contributed by atoms with E-state index >= 15 is 0 Å². The van der Waals surface area contributed by atoms with E-state index in [0.29, 0.717) is 22.2 Å². The normalized spacial score (nSPS) is 11.3. The number of nitriles is 1. The zero-order valence-electron chi connectivity index (χ0n) is 12.1. The van der Waals surface area contributed by atoms with Crippen molar-refractivity contribution in [3.63, 3.8) is 0 Å². The van der Waals surface area contributed by atoms with Crippen LogP contribution in [0.3, 0.4) is 0 Å². The molecule has 1 heterocycles. The van der Waals surface area contributed by atoms with Crippen LogP contribution in [-0.4, -0.2) is 16.1 Å². The molecular weight excluding hydrogens is 292 g/mol. The van der Waals surface area contributed by atoms with Crippen molar-refractivity contribution in [1.29, 1.82) is 5.26 Å². The Labute approximate surface area is 132 Å². The van der Waals surface area contributed by atoms with Crippen molar-refractivity contribution < 1.29 is 14.3 Å². The van der Waals surface area contributed by atoms with Gasteiger partial charge in [-0.25, -0.2) is 4.98 Å². The van der Waals surface area contributed by atoms with Gasteiger partial charge >= 0.3 is 5.97 Å². The molecule has 0 fully saturated rings. The minimum atomic E-state index is -0.966. The molecule has 1 N–H and O–H groups in total. The number of para-hydroxylation sites is 2. The maximum atomic E-state index is 11.1. The fourth-order valence-electron chi connectivity index (χ4n) is 2.22. The molecule has 0 saturated carbocycles. The molecule has 2 aromatic carbocycles. The predicted molar refractivity (Wildman–Crippen MR) is 85.3 cm³/mol. The molecule has 0 aliphatic rings. The Hall–Kier alpha value is -3.39.